The molecular weight excluding hydrogens is 385 g/mol. The van der Waals surface area contributed by atoms with E-state index in [1.54, 1.807) is 24.3 Å². The van der Waals surface area contributed by atoms with E-state index < -0.39 is 22.7 Å². The normalized spacial score (nSPS) is 24.6. The summed E-state index contributed by atoms with van der Waals surface area (Å²) in [5.74, 6) is -1.56. The summed E-state index contributed by atoms with van der Waals surface area (Å²) >= 11 is 0. The smallest absolute Gasteiger partial charge is 0.306 e. The van der Waals surface area contributed by atoms with Crippen LogP contribution in [0.5, 0.6) is 5.75 Å². The second kappa shape index (κ2) is 5.94. The summed E-state index contributed by atoms with van der Waals surface area (Å²) in [6.07, 6.45) is 0.996. The Bertz CT molecular complexity index is 1220. The van der Waals surface area contributed by atoms with Gasteiger partial charge in [0, 0.05) is 28.6 Å². The van der Waals surface area contributed by atoms with Crippen molar-refractivity contribution in [2.45, 2.75) is 43.9 Å². The molecular formula is C24H22FNO4. The van der Waals surface area contributed by atoms with Crippen LogP contribution in [0.25, 0.3) is 16.6 Å². The number of rotatable bonds is 2. The number of aliphatic carboxylic acids is 1. The number of aromatic nitrogens is 1. The minimum Gasteiger partial charge on any atom is -0.507 e. The van der Waals surface area contributed by atoms with E-state index >= 15 is 0 Å². The predicted octanol–water partition coefficient (Wildman–Crippen LogP) is 4.46. The zero-order valence-electron chi connectivity index (χ0n) is 16.8. The third kappa shape index (κ3) is 2.33. The number of benzene rings is 2. The van der Waals surface area contributed by atoms with Gasteiger partial charge in [-0.05, 0) is 68.7 Å². The third-order valence-corrected chi connectivity index (χ3v) is 7.00. The van der Waals surface area contributed by atoms with Gasteiger partial charge in [-0.2, -0.15) is 0 Å². The number of carbonyl (C=O) groups excluding carboxylic acids is 1. The first-order valence-electron chi connectivity index (χ1n) is 10.1. The molecule has 2 aliphatic carbocycles. The van der Waals surface area contributed by atoms with Gasteiger partial charge in [-0.3, -0.25) is 9.59 Å². The summed E-state index contributed by atoms with van der Waals surface area (Å²) in [6, 6.07) is 11.3. The van der Waals surface area contributed by atoms with Crippen molar-refractivity contribution in [1.29, 1.82) is 0 Å². The van der Waals surface area contributed by atoms with Crippen LogP contribution < -0.4 is 0 Å². The standard InChI is InChI=1S/C24H22FNO4/c1-23(2)18(28)12-24(10-13(11-24)22(29)30)20-19-16(4-3-5-17(19)27)26(21(20)23)15-8-6-14(25)7-9-15/h3-9,13,27H,10-12H2,1-2H3,(H,29,30). The molecule has 0 unspecified atom stereocenters. The van der Waals surface area contributed by atoms with Crippen molar-refractivity contribution in [3.8, 4) is 11.4 Å². The van der Waals surface area contributed by atoms with E-state index in [9.17, 15) is 24.2 Å². The van der Waals surface area contributed by atoms with Crippen molar-refractivity contribution in [3.63, 3.8) is 0 Å². The molecule has 0 amide bonds. The average Bonchev–Trinajstić information content (AvgIpc) is 3.01. The first kappa shape index (κ1) is 18.9. The molecule has 1 heterocycles. The number of hydrogen-bond donors (Lipinski definition) is 2. The van der Waals surface area contributed by atoms with Gasteiger partial charge >= 0.3 is 5.97 Å². The quantitative estimate of drug-likeness (QED) is 0.657. The first-order valence-corrected chi connectivity index (χ1v) is 10.1. The lowest BCUT2D eigenvalue weighted by molar-refractivity contribution is -0.149. The number of hydrogen-bond acceptors (Lipinski definition) is 3. The molecule has 2 N–H and O–H groups in total. The van der Waals surface area contributed by atoms with E-state index in [-0.39, 0.29) is 23.8 Å². The van der Waals surface area contributed by atoms with Gasteiger partial charge < -0.3 is 14.8 Å². The Labute approximate surface area is 172 Å². The van der Waals surface area contributed by atoms with Crippen molar-refractivity contribution >= 4 is 22.7 Å². The number of carbonyl (C=O) groups is 2. The average molecular weight is 407 g/mol. The van der Waals surface area contributed by atoms with Gasteiger partial charge in [-0.1, -0.05) is 6.07 Å². The van der Waals surface area contributed by atoms with Crippen LogP contribution in [-0.4, -0.2) is 26.5 Å². The lowest BCUT2D eigenvalue weighted by Crippen LogP contribution is -2.53. The maximum Gasteiger partial charge on any atom is 0.306 e. The number of Topliss-reactive ketones (excluding diaryl/α,β-unsaturated/α-hetero) is 1. The van der Waals surface area contributed by atoms with Crippen LogP contribution in [0.4, 0.5) is 4.39 Å². The maximum atomic E-state index is 13.6. The number of aromatic hydroxyl groups is 1. The Kier molecular flexibility index (Phi) is 3.73. The van der Waals surface area contributed by atoms with Gasteiger partial charge in [0.1, 0.15) is 17.3 Å². The van der Waals surface area contributed by atoms with E-state index in [0.717, 1.165) is 16.8 Å². The molecule has 5 nitrogen and oxygen atoms in total. The molecule has 0 radical (unpaired) electrons. The number of phenols is 1. The van der Waals surface area contributed by atoms with Crippen LogP contribution in [-0.2, 0) is 20.4 Å². The monoisotopic (exact) mass is 407 g/mol. The van der Waals surface area contributed by atoms with Crippen molar-refractivity contribution < 1.29 is 24.2 Å². The van der Waals surface area contributed by atoms with Crippen LogP contribution in [0.15, 0.2) is 42.5 Å². The highest BCUT2D eigenvalue weighted by Gasteiger charge is 2.58. The number of ketones is 1. The topological polar surface area (TPSA) is 79.5 Å². The molecule has 1 spiro atoms. The van der Waals surface area contributed by atoms with Crippen molar-refractivity contribution in [1.82, 2.24) is 4.57 Å². The van der Waals surface area contributed by atoms with E-state index in [1.807, 2.05) is 24.5 Å². The maximum absolute atomic E-state index is 13.6. The van der Waals surface area contributed by atoms with Crippen molar-refractivity contribution in [2.75, 3.05) is 0 Å². The first-order chi connectivity index (χ1) is 14.2. The Hall–Kier alpha value is -3.15. The van der Waals surface area contributed by atoms with E-state index in [2.05, 4.69) is 0 Å². The summed E-state index contributed by atoms with van der Waals surface area (Å²) in [5, 5.41) is 20.9. The summed E-state index contributed by atoms with van der Waals surface area (Å²) < 4.78 is 15.5. The Morgan fingerprint density at radius 2 is 1.80 bits per heavy atom. The van der Waals surface area contributed by atoms with Gasteiger partial charge in [-0.15, -0.1) is 0 Å². The Morgan fingerprint density at radius 1 is 1.13 bits per heavy atom. The number of halogens is 1. The second-order valence-electron chi connectivity index (χ2n) is 9.16. The number of carboxylic acids is 1. The van der Waals surface area contributed by atoms with Crippen LogP contribution in [0.3, 0.4) is 0 Å². The zero-order valence-corrected chi connectivity index (χ0v) is 16.8. The third-order valence-electron chi connectivity index (χ3n) is 7.00. The van der Waals surface area contributed by atoms with E-state index in [4.69, 9.17) is 0 Å². The lowest BCUT2D eigenvalue weighted by atomic mass is 9.51. The molecule has 3 aromatic rings. The number of phenolic OH excluding ortho intramolecular Hbond substituents is 1. The highest BCUT2D eigenvalue weighted by molar-refractivity contribution is 6.02. The van der Waals surface area contributed by atoms with Crippen LogP contribution >= 0.6 is 0 Å². The highest BCUT2D eigenvalue weighted by atomic mass is 19.1. The molecule has 6 heteroatoms. The Morgan fingerprint density at radius 3 is 2.43 bits per heavy atom. The minimum absolute atomic E-state index is 0.0458. The number of fused-ring (bicyclic) bond motifs is 4. The fourth-order valence-electron chi connectivity index (χ4n) is 5.44. The molecule has 0 aliphatic heterocycles. The number of nitrogens with zero attached hydrogens (tertiary/aromatic N) is 1. The fourth-order valence-corrected chi connectivity index (χ4v) is 5.44. The molecule has 1 fully saturated rings. The highest BCUT2D eigenvalue weighted by Crippen LogP contribution is 2.60. The van der Waals surface area contributed by atoms with Crippen molar-refractivity contribution in [2.24, 2.45) is 5.92 Å². The molecule has 0 saturated heterocycles. The van der Waals surface area contributed by atoms with Gasteiger partial charge in [0.2, 0.25) is 0 Å². The summed E-state index contributed by atoms with van der Waals surface area (Å²) in [7, 11) is 0. The largest absolute Gasteiger partial charge is 0.507 e. The van der Waals surface area contributed by atoms with Crippen LogP contribution in [0.1, 0.15) is 44.4 Å². The molecule has 5 rings (SSSR count). The molecule has 2 aliphatic rings. The summed E-state index contributed by atoms with van der Waals surface area (Å²) in [4.78, 5) is 24.8. The molecule has 1 aromatic heterocycles. The Balaban J connectivity index is 1.89. The molecule has 0 atom stereocenters. The van der Waals surface area contributed by atoms with Gasteiger partial charge in [0.15, 0.2) is 0 Å². The van der Waals surface area contributed by atoms with Crippen LogP contribution in [0.2, 0.25) is 0 Å². The van der Waals surface area contributed by atoms with Gasteiger partial charge in [0.05, 0.1) is 16.8 Å². The van der Waals surface area contributed by atoms with E-state index in [0.29, 0.717) is 23.9 Å². The van der Waals surface area contributed by atoms with E-state index in [1.165, 1.54) is 12.1 Å². The molecule has 154 valence electrons. The molecule has 2 aromatic carbocycles. The van der Waals surface area contributed by atoms with Crippen molar-refractivity contribution in [3.05, 3.63) is 59.5 Å². The predicted molar refractivity (Wildman–Crippen MR) is 110 cm³/mol. The SMILES string of the molecule is CC1(C)C(=O)CC2(CC(C(=O)O)C2)c2c1n(-c1ccc(F)cc1)c1cccc(O)c21. The summed E-state index contributed by atoms with van der Waals surface area (Å²) in [6.45, 7) is 3.73. The lowest BCUT2D eigenvalue weighted by Gasteiger charge is -2.51. The molecule has 0 bridgehead atoms. The van der Waals surface area contributed by atoms with Crippen LogP contribution in [0, 0.1) is 11.7 Å². The van der Waals surface area contributed by atoms with Gasteiger partial charge in [-0.25, -0.2) is 4.39 Å². The minimum atomic E-state index is -0.856. The molecule has 30 heavy (non-hydrogen) atoms. The second-order valence-corrected chi connectivity index (χ2v) is 9.16. The fraction of sp³-hybridized carbons (Fsp3) is 0.333. The summed E-state index contributed by atoms with van der Waals surface area (Å²) in [5.41, 5.74) is 1.60. The van der Waals surface area contributed by atoms with Gasteiger partial charge in [0.25, 0.3) is 0 Å². The zero-order chi connectivity index (χ0) is 21.4. The molecule has 1 saturated carbocycles. The number of carboxylic acid groups (broad SMARTS) is 1.